The molecule has 0 aliphatic carbocycles. The molecule has 1 amide bonds. The van der Waals surface area contributed by atoms with E-state index in [-0.39, 0.29) is 0 Å². The maximum atomic E-state index is 12.3. The summed E-state index contributed by atoms with van der Waals surface area (Å²) in [6.07, 6.45) is 3.77. The van der Waals surface area contributed by atoms with Crippen molar-refractivity contribution in [2.24, 2.45) is 0 Å². The summed E-state index contributed by atoms with van der Waals surface area (Å²) in [5, 5.41) is 5.58. The smallest absolute Gasteiger partial charge is 0.338 e. The van der Waals surface area contributed by atoms with Gasteiger partial charge >= 0.3 is 5.97 Å². The van der Waals surface area contributed by atoms with Crippen molar-refractivity contribution >= 4 is 58.4 Å². The van der Waals surface area contributed by atoms with Crippen LogP contribution in [0.1, 0.15) is 35.7 Å². The molecule has 0 bridgehead atoms. The maximum Gasteiger partial charge on any atom is 0.338 e. The molecule has 2 aromatic rings. The summed E-state index contributed by atoms with van der Waals surface area (Å²) in [5.41, 5.74) is 1.84. The van der Waals surface area contributed by atoms with Gasteiger partial charge in [-0.05, 0) is 42.3 Å². The monoisotopic (exact) mass is 468 g/mol. The minimum absolute atomic E-state index is 0.382. The molecule has 5 nitrogen and oxygen atoms in total. The van der Waals surface area contributed by atoms with E-state index in [4.69, 9.17) is 39.5 Å². The molecule has 2 N–H and O–H groups in total. The topological polar surface area (TPSA) is 67.4 Å². The molecule has 0 fully saturated rings. The van der Waals surface area contributed by atoms with Crippen LogP contribution in [0.2, 0.25) is 0 Å². The molecule has 1 atom stereocenters. The zero-order valence-electron chi connectivity index (χ0n) is 16.4. The number of benzene rings is 2. The summed E-state index contributed by atoms with van der Waals surface area (Å²) in [6, 6.07) is 15.8. The summed E-state index contributed by atoms with van der Waals surface area (Å²) >= 11 is 18.1. The number of hydrogen-bond acceptors (Lipinski definition) is 4. The number of nitrogens with one attached hydrogen (secondary N) is 2. The lowest BCUT2D eigenvalue weighted by Crippen LogP contribution is -2.48. The Kier molecular flexibility index (Phi) is 9.50. The number of anilines is 1. The van der Waals surface area contributed by atoms with Gasteiger partial charge in [0, 0.05) is 11.8 Å². The number of unbranched alkanes of at least 4 members (excludes halogenated alkanes) is 1. The largest absolute Gasteiger partial charge is 0.462 e. The number of rotatable bonds is 9. The Hall–Kier alpha value is -2.21. The predicted molar refractivity (Wildman–Crippen MR) is 123 cm³/mol. The van der Waals surface area contributed by atoms with Gasteiger partial charge < -0.3 is 15.4 Å². The summed E-state index contributed by atoms with van der Waals surface area (Å²) in [4.78, 5) is 24.2. The zero-order valence-corrected chi connectivity index (χ0v) is 18.7. The second kappa shape index (κ2) is 11.8. The van der Waals surface area contributed by atoms with Crippen LogP contribution < -0.4 is 10.6 Å². The first kappa shape index (κ1) is 24.1. The Bertz CT molecular complexity index is 850. The van der Waals surface area contributed by atoms with Gasteiger partial charge in [-0.2, -0.15) is 0 Å². The molecule has 0 heterocycles. The van der Waals surface area contributed by atoms with Crippen molar-refractivity contribution in [3.8, 4) is 0 Å². The first-order valence-corrected chi connectivity index (χ1v) is 10.6. The van der Waals surface area contributed by atoms with Gasteiger partial charge in [0.25, 0.3) is 0 Å². The lowest BCUT2D eigenvalue weighted by atomic mass is 10.2. The molecule has 30 heavy (non-hydrogen) atoms. The lowest BCUT2D eigenvalue weighted by molar-refractivity contribution is -0.116. The fourth-order valence-electron chi connectivity index (χ4n) is 2.39. The van der Waals surface area contributed by atoms with E-state index in [1.165, 1.54) is 6.08 Å². The Morgan fingerprint density at radius 2 is 1.73 bits per heavy atom. The third kappa shape index (κ3) is 8.27. The molecule has 2 rings (SSSR count). The number of carbonyl (C=O) groups excluding carboxylic acids is 2. The zero-order chi connectivity index (χ0) is 22.0. The molecule has 160 valence electrons. The van der Waals surface area contributed by atoms with Crippen molar-refractivity contribution < 1.29 is 14.3 Å². The van der Waals surface area contributed by atoms with Gasteiger partial charge in [-0.15, -0.1) is 0 Å². The van der Waals surface area contributed by atoms with Crippen LogP contribution in [-0.2, 0) is 9.53 Å². The van der Waals surface area contributed by atoms with Gasteiger partial charge in [-0.1, -0.05) is 78.5 Å². The van der Waals surface area contributed by atoms with Crippen LogP contribution in [0.5, 0.6) is 0 Å². The van der Waals surface area contributed by atoms with Crippen LogP contribution in [0.25, 0.3) is 6.08 Å². The third-order valence-electron chi connectivity index (χ3n) is 4.00. The average Bonchev–Trinajstić information content (AvgIpc) is 2.72. The molecular weight excluding hydrogens is 447 g/mol. The van der Waals surface area contributed by atoms with Crippen molar-refractivity contribution in [1.29, 1.82) is 0 Å². The summed E-state index contributed by atoms with van der Waals surface area (Å²) in [6.45, 7) is 2.40. The lowest BCUT2D eigenvalue weighted by Gasteiger charge is -2.27. The van der Waals surface area contributed by atoms with Gasteiger partial charge in [-0.3, -0.25) is 4.79 Å². The molecule has 0 aliphatic rings. The maximum absolute atomic E-state index is 12.3. The minimum Gasteiger partial charge on any atom is -0.462 e. The highest BCUT2D eigenvalue weighted by molar-refractivity contribution is 6.68. The summed E-state index contributed by atoms with van der Waals surface area (Å²) in [7, 11) is 0. The van der Waals surface area contributed by atoms with Crippen molar-refractivity contribution in [2.75, 3.05) is 11.9 Å². The van der Waals surface area contributed by atoms with Crippen LogP contribution in [0, 0.1) is 0 Å². The normalized spacial score (nSPS) is 12.4. The van der Waals surface area contributed by atoms with E-state index in [1.54, 1.807) is 30.3 Å². The standard InChI is InChI=1S/C22H23Cl3N2O3/c1-2-3-15-30-20(29)17-10-12-18(13-11-17)26-21(22(23,24)25)27-19(28)14-9-16-7-5-4-6-8-16/h4-14,21,26H,2-3,15H2,1H3,(H,27,28)/b14-9+. The quantitative estimate of drug-likeness (QED) is 0.165. The Labute approximate surface area is 191 Å². The molecule has 8 heteroatoms. The number of alkyl halides is 3. The number of halogens is 3. The fraction of sp³-hybridized carbons (Fsp3) is 0.273. The van der Waals surface area contributed by atoms with Crippen LogP contribution in [0.3, 0.4) is 0 Å². The highest BCUT2D eigenvalue weighted by Gasteiger charge is 2.33. The summed E-state index contributed by atoms with van der Waals surface area (Å²) in [5.74, 6) is -0.828. The second-order valence-corrected chi connectivity index (χ2v) is 8.81. The van der Waals surface area contributed by atoms with Crippen molar-refractivity contribution in [3.63, 3.8) is 0 Å². The number of hydrogen-bond donors (Lipinski definition) is 2. The van der Waals surface area contributed by atoms with E-state index in [1.807, 2.05) is 37.3 Å². The third-order valence-corrected chi connectivity index (χ3v) is 4.66. The van der Waals surface area contributed by atoms with E-state index in [0.29, 0.717) is 17.9 Å². The fourth-order valence-corrected chi connectivity index (χ4v) is 2.72. The van der Waals surface area contributed by atoms with Crippen LogP contribution >= 0.6 is 34.8 Å². The molecule has 1 unspecified atom stereocenters. The predicted octanol–water partition coefficient (Wildman–Crippen LogP) is 5.58. The van der Waals surface area contributed by atoms with Crippen LogP contribution in [0.15, 0.2) is 60.7 Å². The van der Waals surface area contributed by atoms with E-state index >= 15 is 0 Å². The SMILES string of the molecule is CCCCOC(=O)c1ccc(NC(NC(=O)/C=C/c2ccccc2)C(Cl)(Cl)Cl)cc1. The molecule has 0 spiro atoms. The first-order chi connectivity index (χ1) is 14.3. The molecule has 0 saturated carbocycles. The molecule has 0 radical (unpaired) electrons. The number of ether oxygens (including phenoxy) is 1. The van der Waals surface area contributed by atoms with Crippen molar-refractivity contribution in [1.82, 2.24) is 5.32 Å². The van der Waals surface area contributed by atoms with Gasteiger partial charge in [0.1, 0.15) is 6.17 Å². The van der Waals surface area contributed by atoms with E-state index in [9.17, 15) is 9.59 Å². The van der Waals surface area contributed by atoms with Gasteiger partial charge in [0.05, 0.1) is 12.2 Å². The molecule has 2 aromatic carbocycles. The molecule has 0 aliphatic heterocycles. The van der Waals surface area contributed by atoms with Gasteiger partial charge in [0.2, 0.25) is 9.70 Å². The summed E-state index contributed by atoms with van der Waals surface area (Å²) < 4.78 is 3.36. The van der Waals surface area contributed by atoms with E-state index in [2.05, 4.69) is 10.6 Å². The van der Waals surface area contributed by atoms with Crippen molar-refractivity contribution in [2.45, 2.75) is 29.7 Å². The van der Waals surface area contributed by atoms with Crippen LogP contribution in [-0.4, -0.2) is 28.4 Å². The molecular formula is C22H23Cl3N2O3. The number of carbonyl (C=O) groups is 2. The first-order valence-electron chi connectivity index (χ1n) is 9.43. The minimum atomic E-state index is -1.81. The molecule has 0 aromatic heterocycles. The van der Waals surface area contributed by atoms with E-state index in [0.717, 1.165) is 18.4 Å². The van der Waals surface area contributed by atoms with E-state index < -0.39 is 21.8 Å². The Balaban J connectivity index is 2.00. The highest BCUT2D eigenvalue weighted by atomic mass is 35.6. The Morgan fingerprint density at radius 3 is 2.33 bits per heavy atom. The van der Waals surface area contributed by atoms with Gasteiger partial charge in [-0.25, -0.2) is 4.79 Å². The molecule has 0 saturated heterocycles. The highest BCUT2D eigenvalue weighted by Crippen LogP contribution is 2.31. The number of esters is 1. The van der Waals surface area contributed by atoms with Crippen LogP contribution in [0.4, 0.5) is 5.69 Å². The Morgan fingerprint density at radius 1 is 1.07 bits per heavy atom. The van der Waals surface area contributed by atoms with Crippen molar-refractivity contribution in [3.05, 3.63) is 71.8 Å². The second-order valence-electron chi connectivity index (χ2n) is 6.44. The average molecular weight is 470 g/mol. The number of amides is 1. The van der Waals surface area contributed by atoms with Gasteiger partial charge in [0.15, 0.2) is 0 Å².